The molecule has 0 radical (unpaired) electrons. The summed E-state index contributed by atoms with van der Waals surface area (Å²) in [4.78, 5) is 29.2. The van der Waals surface area contributed by atoms with Gasteiger partial charge < -0.3 is 9.73 Å². The number of furan rings is 1. The molecule has 2 amide bonds. The summed E-state index contributed by atoms with van der Waals surface area (Å²) >= 11 is 7.18. The predicted molar refractivity (Wildman–Crippen MR) is 129 cm³/mol. The molecule has 0 spiro atoms. The minimum Gasteiger partial charge on any atom is -0.467 e. The first kappa shape index (κ1) is 22.4. The van der Waals surface area contributed by atoms with E-state index in [4.69, 9.17) is 21.1 Å². The number of amides is 2. The minimum atomic E-state index is -0.728. The maximum Gasteiger partial charge on any atom is 0.262 e. The van der Waals surface area contributed by atoms with Gasteiger partial charge in [-0.2, -0.15) is 10.1 Å². The zero-order valence-electron chi connectivity index (χ0n) is 17.7. The third kappa shape index (κ3) is 4.62. The van der Waals surface area contributed by atoms with E-state index in [0.29, 0.717) is 22.4 Å². The Morgan fingerprint density at radius 1 is 1.18 bits per heavy atom. The highest BCUT2D eigenvalue weighted by Gasteiger charge is 2.40. The summed E-state index contributed by atoms with van der Waals surface area (Å²) in [7, 11) is 0. The number of carbonyl (C=O) groups excluding carboxylic acids is 2. The van der Waals surface area contributed by atoms with Gasteiger partial charge >= 0.3 is 0 Å². The summed E-state index contributed by atoms with van der Waals surface area (Å²) in [5, 5.41) is 9.19. The number of amidine groups is 1. The third-order valence-electron chi connectivity index (χ3n) is 5.40. The molecule has 0 saturated heterocycles. The van der Waals surface area contributed by atoms with Gasteiger partial charge in [-0.1, -0.05) is 47.6 Å². The number of carbonyl (C=O) groups is 2. The van der Waals surface area contributed by atoms with E-state index in [9.17, 15) is 14.0 Å². The Morgan fingerprint density at radius 2 is 1.97 bits per heavy atom. The van der Waals surface area contributed by atoms with Crippen molar-refractivity contribution in [1.82, 2.24) is 5.01 Å². The van der Waals surface area contributed by atoms with Crippen molar-refractivity contribution in [3.05, 3.63) is 89.1 Å². The number of halogens is 2. The molecule has 5 rings (SSSR count). The van der Waals surface area contributed by atoms with Crippen LogP contribution >= 0.6 is 23.4 Å². The molecule has 3 heterocycles. The number of nitrogens with one attached hydrogen (secondary N) is 1. The van der Waals surface area contributed by atoms with Crippen molar-refractivity contribution in [3.8, 4) is 0 Å². The van der Waals surface area contributed by atoms with E-state index in [-0.39, 0.29) is 18.2 Å². The fourth-order valence-corrected chi connectivity index (χ4v) is 4.93. The van der Waals surface area contributed by atoms with E-state index in [2.05, 4.69) is 10.3 Å². The summed E-state index contributed by atoms with van der Waals surface area (Å²) in [6.45, 7) is 0. The normalized spacial score (nSPS) is 19.8. The molecule has 2 atom stereocenters. The maximum absolute atomic E-state index is 13.8. The first-order chi connectivity index (χ1) is 16.5. The zero-order valence-corrected chi connectivity index (χ0v) is 19.2. The van der Waals surface area contributed by atoms with Crippen LogP contribution in [0.4, 0.5) is 10.1 Å². The van der Waals surface area contributed by atoms with Crippen molar-refractivity contribution in [2.75, 3.05) is 5.32 Å². The highest BCUT2D eigenvalue weighted by Crippen LogP contribution is 2.38. The fraction of sp³-hybridized carbons (Fsp3) is 0.167. The molecule has 172 valence electrons. The molecular formula is C24H18ClFN4O3S. The van der Waals surface area contributed by atoms with Crippen molar-refractivity contribution in [1.29, 1.82) is 0 Å². The Morgan fingerprint density at radius 3 is 2.71 bits per heavy atom. The van der Waals surface area contributed by atoms with E-state index in [1.807, 2.05) is 18.2 Å². The van der Waals surface area contributed by atoms with Crippen LogP contribution in [-0.4, -0.2) is 33.0 Å². The number of nitrogens with zero attached hydrogens (tertiary/aromatic N) is 3. The second-order valence-electron chi connectivity index (χ2n) is 7.70. The number of rotatable bonds is 5. The summed E-state index contributed by atoms with van der Waals surface area (Å²) in [5.41, 5.74) is 1.77. The van der Waals surface area contributed by atoms with Crippen molar-refractivity contribution >= 4 is 51.7 Å². The smallest absolute Gasteiger partial charge is 0.262 e. The van der Waals surface area contributed by atoms with Gasteiger partial charge in [0.05, 0.1) is 17.7 Å². The Kier molecular flexibility index (Phi) is 6.21. The van der Waals surface area contributed by atoms with Gasteiger partial charge in [0, 0.05) is 17.9 Å². The van der Waals surface area contributed by atoms with Gasteiger partial charge in [-0.05, 0) is 42.0 Å². The first-order valence-corrected chi connectivity index (χ1v) is 11.7. The number of anilines is 1. The lowest BCUT2D eigenvalue weighted by atomic mass is 10.0. The molecule has 10 heteroatoms. The second-order valence-corrected chi connectivity index (χ2v) is 9.31. The average Bonchev–Trinajstić information content (AvgIpc) is 3.56. The third-order valence-corrected chi connectivity index (χ3v) is 6.80. The summed E-state index contributed by atoms with van der Waals surface area (Å²) in [6, 6.07) is 16.6. The molecule has 2 aromatic carbocycles. The van der Waals surface area contributed by atoms with Crippen LogP contribution in [0, 0.1) is 5.82 Å². The van der Waals surface area contributed by atoms with Crippen LogP contribution in [0.5, 0.6) is 0 Å². The van der Waals surface area contributed by atoms with Gasteiger partial charge in [0.15, 0.2) is 5.17 Å². The lowest BCUT2D eigenvalue weighted by Gasteiger charge is -2.20. The molecule has 0 unspecified atom stereocenters. The minimum absolute atomic E-state index is 0.0683. The van der Waals surface area contributed by atoms with Gasteiger partial charge in [0.25, 0.3) is 5.91 Å². The number of hydrogen-bond donors (Lipinski definition) is 1. The lowest BCUT2D eigenvalue weighted by molar-refractivity contribution is -0.121. The SMILES string of the molecule is O=C(C[C@H]1SC(N2N=C(c3ccc(Cl)cc3)C[C@H]2c2ccco2)=NC1=O)Nc1ccccc1F. The van der Waals surface area contributed by atoms with E-state index < -0.39 is 22.9 Å². The Labute approximate surface area is 203 Å². The molecule has 0 saturated carbocycles. The van der Waals surface area contributed by atoms with Crippen LogP contribution < -0.4 is 5.32 Å². The summed E-state index contributed by atoms with van der Waals surface area (Å²) < 4.78 is 19.5. The highest BCUT2D eigenvalue weighted by atomic mass is 35.5. The van der Waals surface area contributed by atoms with Crippen LogP contribution in [0.25, 0.3) is 0 Å². The average molecular weight is 497 g/mol. The maximum atomic E-state index is 13.8. The molecule has 0 fully saturated rings. The van der Waals surface area contributed by atoms with Crippen molar-refractivity contribution < 1.29 is 18.4 Å². The molecule has 2 aliphatic heterocycles. The van der Waals surface area contributed by atoms with Crippen LogP contribution in [0.1, 0.15) is 30.2 Å². The number of aliphatic imine (C=N–C) groups is 1. The quantitative estimate of drug-likeness (QED) is 0.521. The lowest BCUT2D eigenvalue weighted by Crippen LogP contribution is -2.25. The zero-order chi connectivity index (χ0) is 23.7. The van der Waals surface area contributed by atoms with Gasteiger partial charge in [-0.15, -0.1) is 0 Å². The van der Waals surface area contributed by atoms with Gasteiger partial charge in [0.1, 0.15) is 22.9 Å². The van der Waals surface area contributed by atoms with E-state index >= 15 is 0 Å². The van der Waals surface area contributed by atoms with Crippen LogP contribution in [-0.2, 0) is 9.59 Å². The summed E-state index contributed by atoms with van der Waals surface area (Å²) in [6.07, 6.45) is 1.98. The van der Waals surface area contributed by atoms with Crippen molar-refractivity contribution in [2.45, 2.75) is 24.1 Å². The van der Waals surface area contributed by atoms with Crippen molar-refractivity contribution in [3.63, 3.8) is 0 Å². The molecule has 34 heavy (non-hydrogen) atoms. The molecule has 1 aromatic heterocycles. The fourth-order valence-electron chi connectivity index (χ4n) is 3.74. The number of hydrazone groups is 1. The largest absolute Gasteiger partial charge is 0.467 e. The highest BCUT2D eigenvalue weighted by molar-refractivity contribution is 8.15. The molecular weight excluding hydrogens is 479 g/mol. The number of thioether (sulfide) groups is 1. The Bertz CT molecular complexity index is 1290. The second kappa shape index (κ2) is 9.44. The van der Waals surface area contributed by atoms with E-state index in [1.165, 1.54) is 18.2 Å². The molecule has 0 aliphatic carbocycles. The van der Waals surface area contributed by atoms with Gasteiger partial charge in [-0.3, -0.25) is 9.59 Å². The van der Waals surface area contributed by atoms with E-state index in [1.54, 1.807) is 35.5 Å². The molecule has 7 nitrogen and oxygen atoms in total. The Hall–Kier alpha value is -3.43. The topological polar surface area (TPSA) is 87.3 Å². The van der Waals surface area contributed by atoms with Crippen molar-refractivity contribution in [2.24, 2.45) is 10.1 Å². The Balaban J connectivity index is 1.33. The number of hydrogen-bond acceptors (Lipinski definition) is 6. The number of benzene rings is 2. The van der Waals surface area contributed by atoms with Crippen LogP contribution in [0.15, 0.2) is 81.4 Å². The molecule has 3 aromatic rings. The summed E-state index contributed by atoms with van der Waals surface area (Å²) in [5.74, 6) is -0.761. The first-order valence-electron chi connectivity index (χ1n) is 10.5. The van der Waals surface area contributed by atoms with Gasteiger partial charge in [-0.25, -0.2) is 9.40 Å². The monoisotopic (exact) mass is 496 g/mol. The van der Waals surface area contributed by atoms with Gasteiger partial charge in [0.2, 0.25) is 5.91 Å². The molecule has 2 aliphatic rings. The molecule has 1 N–H and O–H groups in total. The van der Waals surface area contributed by atoms with E-state index in [0.717, 1.165) is 23.0 Å². The van der Waals surface area contributed by atoms with Crippen LogP contribution in [0.3, 0.4) is 0 Å². The number of para-hydroxylation sites is 1. The predicted octanol–water partition coefficient (Wildman–Crippen LogP) is 5.25. The standard InChI is InChI=1S/C24H18ClFN4O3S/c25-15-9-7-14(8-10-15)18-12-19(20-6-3-11-33-20)30(29-18)24-28-23(32)21(34-24)13-22(31)27-17-5-2-1-4-16(17)26/h1-11,19,21H,12-13H2,(H,27,31)/t19-,21+/m0/s1. The van der Waals surface area contributed by atoms with Crippen LogP contribution in [0.2, 0.25) is 5.02 Å². The molecule has 0 bridgehead atoms.